The average Bonchev–Trinajstić information content (AvgIpc) is 3.07. The first-order valence-electron chi connectivity index (χ1n) is 7.76. The summed E-state index contributed by atoms with van der Waals surface area (Å²) in [5.41, 5.74) is 1.29. The summed E-state index contributed by atoms with van der Waals surface area (Å²) in [6, 6.07) is 0.729. The summed E-state index contributed by atoms with van der Waals surface area (Å²) in [4.78, 5) is 8.86. The summed E-state index contributed by atoms with van der Waals surface area (Å²) in [6.07, 6.45) is 6.50. The van der Waals surface area contributed by atoms with E-state index in [2.05, 4.69) is 31.0 Å². The Morgan fingerprint density at radius 1 is 1.26 bits per heavy atom. The zero-order valence-electron chi connectivity index (χ0n) is 12.5. The van der Waals surface area contributed by atoms with Crippen molar-refractivity contribution < 1.29 is 0 Å². The average molecular weight is 281 g/mol. The van der Waals surface area contributed by atoms with Crippen molar-refractivity contribution in [2.24, 2.45) is 0 Å². The minimum Gasteiger partial charge on any atom is -0.345 e. The Kier molecular flexibility index (Phi) is 5.64. The Bertz CT molecular complexity index is 383. The molecule has 0 aromatic carbocycles. The lowest BCUT2D eigenvalue weighted by molar-refractivity contribution is 0.617. The highest BCUT2D eigenvalue weighted by Gasteiger charge is 2.24. The Labute approximate surface area is 121 Å². The van der Waals surface area contributed by atoms with Gasteiger partial charge >= 0.3 is 0 Å². The second-order valence-corrected chi connectivity index (χ2v) is 6.29. The molecule has 19 heavy (non-hydrogen) atoms. The van der Waals surface area contributed by atoms with Crippen LogP contribution in [0.2, 0.25) is 0 Å². The number of rotatable bonds is 7. The van der Waals surface area contributed by atoms with Crippen LogP contribution in [0, 0.1) is 0 Å². The molecule has 1 aromatic heterocycles. The van der Waals surface area contributed by atoms with Crippen LogP contribution in [0.5, 0.6) is 0 Å². The van der Waals surface area contributed by atoms with Crippen LogP contribution in [0.25, 0.3) is 0 Å². The predicted octanol–water partition coefficient (Wildman–Crippen LogP) is 3.58. The van der Waals surface area contributed by atoms with Gasteiger partial charge in [-0.05, 0) is 32.7 Å². The Morgan fingerprint density at radius 3 is 2.58 bits per heavy atom. The fraction of sp³-hybridized carbons (Fsp3) is 0.800. The number of nitrogens with zero attached hydrogens (tertiary/aromatic N) is 2. The zero-order valence-corrected chi connectivity index (χ0v) is 13.4. The highest BCUT2D eigenvalue weighted by atomic mass is 32.1. The van der Waals surface area contributed by atoms with E-state index in [0.717, 1.165) is 32.1 Å². The summed E-state index contributed by atoms with van der Waals surface area (Å²) in [5.74, 6) is 0. The van der Waals surface area contributed by atoms with E-state index >= 15 is 0 Å². The smallest absolute Gasteiger partial charge is 0.186 e. The summed E-state index contributed by atoms with van der Waals surface area (Å²) in [6.45, 7) is 9.71. The molecule has 0 radical (unpaired) electrons. The van der Waals surface area contributed by atoms with Gasteiger partial charge in [-0.15, -0.1) is 11.3 Å². The van der Waals surface area contributed by atoms with Gasteiger partial charge in [-0.1, -0.05) is 26.7 Å². The lowest BCUT2D eigenvalue weighted by atomic mass is 10.2. The summed E-state index contributed by atoms with van der Waals surface area (Å²) >= 11 is 1.90. The molecule has 0 saturated heterocycles. The van der Waals surface area contributed by atoms with Crippen LogP contribution in [-0.2, 0) is 13.0 Å². The Hall–Kier alpha value is -0.610. The number of hydrogen-bond donors (Lipinski definition) is 1. The molecule has 2 rings (SSSR count). The maximum absolute atomic E-state index is 4.90. The van der Waals surface area contributed by atoms with E-state index in [9.17, 15) is 0 Å². The molecule has 1 aliphatic rings. The van der Waals surface area contributed by atoms with Gasteiger partial charge in [0.25, 0.3) is 0 Å². The molecule has 0 unspecified atom stereocenters. The van der Waals surface area contributed by atoms with Crippen molar-refractivity contribution in [1.29, 1.82) is 0 Å². The minimum absolute atomic E-state index is 0.729. The molecule has 1 saturated carbocycles. The highest BCUT2D eigenvalue weighted by Crippen LogP contribution is 2.32. The normalized spacial score (nSPS) is 16.2. The molecule has 1 heterocycles. The van der Waals surface area contributed by atoms with Crippen LogP contribution < -0.4 is 10.2 Å². The third-order valence-electron chi connectivity index (χ3n) is 3.99. The second kappa shape index (κ2) is 7.25. The molecule has 1 aliphatic carbocycles. The number of thiazole rings is 1. The van der Waals surface area contributed by atoms with Crippen LogP contribution in [0.3, 0.4) is 0 Å². The summed E-state index contributed by atoms with van der Waals surface area (Å²) in [7, 11) is 0. The SMILES string of the molecule is CCNCc1sc(N(CC)C2CCCC2)nc1CC. The van der Waals surface area contributed by atoms with Crippen molar-refractivity contribution in [1.82, 2.24) is 10.3 Å². The van der Waals surface area contributed by atoms with Crippen LogP contribution in [0.1, 0.15) is 57.0 Å². The number of anilines is 1. The molecular formula is C15H27N3S. The Morgan fingerprint density at radius 2 is 2.00 bits per heavy atom. The molecule has 0 amide bonds. The highest BCUT2D eigenvalue weighted by molar-refractivity contribution is 7.15. The summed E-state index contributed by atoms with van der Waals surface area (Å²) < 4.78 is 0. The van der Waals surface area contributed by atoms with Gasteiger partial charge in [0, 0.05) is 24.0 Å². The Balaban J connectivity index is 2.15. The fourth-order valence-corrected chi connectivity index (χ4v) is 4.16. The molecule has 0 spiro atoms. The molecule has 3 nitrogen and oxygen atoms in total. The van der Waals surface area contributed by atoms with Gasteiger partial charge in [0.05, 0.1) is 5.69 Å². The first kappa shape index (κ1) is 14.8. The van der Waals surface area contributed by atoms with E-state index in [4.69, 9.17) is 4.98 Å². The van der Waals surface area contributed by atoms with Gasteiger partial charge in [0.15, 0.2) is 5.13 Å². The van der Waals surface area contributed by atoms with E-state index in [1.165, 1.54) is 41.4 Å². The van der Waals surface area contributed by atoms with Crippen LogP contribution >= 0.6 is 11.3 Å². The topological polar surface area (TPSA) is 28.2 Å². The van der Waals surface area contributed by atoms with Crippen LogP contribution in [0.4, 0.5) is 5.13 Å². The summed E-state index contributed by atoms with van der Waals surface area (Å²) in [5, 5.41) is 4.68. The third kappa shape index (κ3) is 3.48. The van der Waals surface area contributed by atoms with Crippen molar-refractivity contribution in [2.75, 3.05) is 18.0 Å². The number of hydrogen-bond acceptors (Lipinski definition) is 4. The molecule has 0 atom stereocenters. The van der Waals surface area contributed by atoms with E-state index in [1.54, 1.807) is 0 Å². The monoisotopic (exact) mass is 281 g/mol. The van der Waals surface area contributed by atoms with Crippen molar-refractivity contribution in [2.45, 2.75) is 65.5 Å². The van der Waals surface area contributed by atoms with E-state index in [1.807, 2.05) is 11.3 Å². The number of aryl methyl sites for hydroxylation is 1. The van der Waals surface area contributed by atoms with Gasteiger partial charge in [-0.2, -0.15) is 0 Å². The molecule has 0 aliphatic heterocycles. The lowest BCUT2D eigenvalue weighted by Crippen LogP contribution is -2.32. The first-order valence-corrected chi connectivity index (χ1v) is 8.57. The molecule has 0 bridgehead atoms. The van der Waals surface area contributed by atoms with Crippen LogP contribution in [0.15, 0.2) is 0 Å². The van der Waals surface area contributed by atoms with Crippen molar-refractivity contribution in [3.63, 3.8) is 0 Å². The van der Waals surface area contributed by atoms with E-state index in [-0.39, 0.29) is 0 Å². The quantitative estimate of drug-likeness (QED) is 0.828. The minimum atomic E-state index is 0.729. The van der Waals surface area contributed by atoms with Gasteiger partial charge in [0.1, 0.15) is 0 Å². The van der Waals surface area contributed by atoms with Crippen molar-refractivity contribution in [3.05, 3.63) is 10.6 Å². The number of aromatic nitrogens is 1. The van der Waals surface area contributed by atoms with Crippen molar-refractivity contribution in [3.8, 4) is 0 Å². The maximum atomic E-state index is 4.90. The first-order chi connectivity index (χ1) is 9.30. The van der Waals surface area contributed by atoms with Gasteiger partial charge in [-0.25, -0.2) is 4.98 Å². The van der Waals surface area contributed by atoms with Crippen molar-refractivity contribution >= 4 is 16.5 Å². The van der Waals surface area contributed by atoms with E-state index in [0.29, 0.717) is 0 Å². The molecule has 1 fully saturated rings. The molecule has 1 N–H and O–H groups in total. The van der Waals surface area contributed by atoms with Gasteiger partial charge < -0.3 is 10.2 Å². The third-order valence-corrected chi connectivity index (χ3v) is 5.12. The predicted molar refractivity (Wildman–Crippen MR) is 84.1 cm³/mol. The van der Waals surface area contributed by atoms with Crippen LogP contribution in [-0.4, -0.2) is 24.1 Å². The van der Waals surface area contributed by atoms with Gasteiger partial charge in [-0.3, -0.25) is 0 Å². The fourth-order valence-electron chi connectivity index (χ4n) is 2.91. The maximum Gasteiger partial charge on any atom is 0.186 e. The number of nitrogens with one attached hydrogen (secondary N) is 1. The lowest BCUT2D eigenvalue weighted by Gasteiger charge is -2.26. The van der Waals surface area contributed by atoms with E-state index < -0.39 is 0 Å². The molecule has 1 aromatic rings. The standard InChI is InChI=1S/C15H27N3S/c1-4-13-14(11-16-5-2)19-15(17-13)18(6-3)12-9-7-8-10-12/h12,16H,4-11H2,1-3H3. The molecular weight excluding hydrogens is 254 g/mol. The van der Waals surface area contributed by atoms with Gasteiger partial charge in [0.2, 0.25) is 0 Å². The zero-order chi connectivity index (χ0) is 13.7. The molecule has 108 valence electrons. The molecule has 4 heteroatoms. The largest absolute Gasteiger partial charge is 0.345 e. The second-order valence-electron chi connectivity index (χ2n) is 5.22.